The molecule has 1 fully saturated rings. The summed E-state index contributed by atoms with van der Waals surface area (Å²) in [6, 6.07) is 7.58. The lowest BCUT2D eigenvalue weighted by atomic mass is 9.66. The van der Waals surface area contributed by atoms with Crippen LogP contribution in [0.2, 0.25) is 0 Å². The van der Waals surface area contributed by atoms with E-state index in [4.69, 9.17) is 9.39 Å². The van der Waals surface area contributed by atoms with Crippen LogP contribution in [0.3, 0.4) is 0 Å². The highest BCUT2D eigenvalue weighted by atomic mass is 16.5. The minimum Gasteiger partial charge on any atom is -0.518 e. The van der Waals surface area contributed by atoms with Crippen molar-refractivity contribution in [1.82, 2.24) is 30.3 Å². The molecule has 3 rings (SSSR count). The number of amides is 2. The van der Waals surface area contributed by atoms with E-state index in [1.807, 2.05) is 56.1 Å². The number of ether oxygens (including phenoxy) is 1. The van der Waals surface area contributed by atoms with Crippen molar-refractivity contribution < 1.29 is 28.6 Å². The average Bonchev–Trinajstić information content (AvgIpc) is 3.01. The first-order valence-electron chi connectivity index (χ1n) is 14.1. The van der Waals surface area contributed by atoms with E-state index in [0.717, 1.165) is 5.56 Å². The summed E-state index contributed by atoms with van der Waals surface area (Å²) in [6.07, 6.45) is 4.82. The minimum absolute atomic E-state index is 0.0750. The molecular formula is C29H41BN6O6. The van der Waals surface area contributed by atoms with Crippen molar-refractivity contribution in [3.05, 3.63) is 60.2 Å². The largest absolute Gasteiger partial charge is 0.518 e. The van der Waals surface area contributed by atoms with Crippen molar-refractivity contribution in [3.8, 4) is 0 Å². The Labute approximate surface area is 247 Å². The molecule has 0 spiro atoms. The maximum atomic E-state index is 13.9. The van der Waals surface area contributed by atoms with Crippen LogP contribution in [0.5, 0.6) is 0 Å². The summed E-state index contributed by atoms with van der Waals surface area (Å²) in [5.74, 6) is -3.01. The van der Waals surface area contributed by atoms with E-state index in [1.165, 1.54) is 25.7 Å². The Morgan fingerprint density at radius 2 is 1.83 bits per heavy atom. The van der Waals surface area contributed by atoms with Crippen LogP contribution in [0.25, 0.3) is 0 Å². The molecule has 226 valence electrons. The molecule has 1 aromatic carbocycles. The predicted molar refractivity (Wildman–Crippen MR) is 157 cm³/mol. The van der Waals surface area contributed by atoms with Crippen LogP contribution >= 0.6 is 0 Å². The number of nitrogens with one attached hydrogen (secondary N) is 2. The highest BCUT2D eigenvalue weighted by molar-refractivity contribution is 6.53. The quantitative estimate of drug-likeness (QED) is 0.308. The number of nitrogens with zero attached hydrogens (tertiary/aromatic N) is 4. The third-order valence-electron chi connectivity index (χ3n) is 7.17. The van der Waals surface area contributed by atoms with Gasteiger partial charge in [0.05, 0.1) is 25.2 Å². The highest BCUT2D eigenvalue weighted by Crippen LogP contribution is 2.19. The molecule has 0 bridgehead atoms. The zero-order valence-electron chi connectivity index (χ0n) is 25.1. The fourth-order valence-electron chi connectivity index (χ4n) is 5.02. The van der Waals surface area contributed by atoms with E-state index in [9.17, 15) is 19.2 Å². The zero-order chi connectivity index (χ0) is 30.8. The smallest absolute Gasteiger partial charge is 0.475 e. The highest BCUT2D eigenvalue weighted by Gasteiger charge is 2.45. The van der Waals surface area contributed by atoms with E-state index in [-0.39, 0.29) is 18.0 Å². The summed E-state index contributed by atoms with van der Waals surface area (Å²) in [5.41, 5.74) is 0.914. The second-order valence-corrected chi connectivity index (χ2v) is 11.2. The van der Waals surface area contributed by atoms with Crippen LogP contribution in [-0.2, 0) is 30.2 Å². The number of likely N-dealkylation sites (N-methyl/N-ethyl adjacent to an activating group) is 2. The molecule has 1 aliphatic heterocycles. The Kier molecular flexibility index (Phi) is 12.0. The summed E-state index contributed by atoms with van der Waals surface area (Å²) in [7, 11) is 3.85. The van der Waals surface area contributed by atoms with Crippen LogP contribution in [-0.4, -0.2) is 103 Å². The van der Waals surface area contributed by atoms with Gasteiger partial charge in [-0.25, -0.2) is 4.98 Å². The molecule has 12 nitrogen and oxygen atoms in total. The first-order valence-corrected chi connectivity index (χ1v) is 14.1. The summed E-state index contributed by atoms with van der Waals surface area (Å²) in [4.78, 5) is 64.5. The van der Waals surface area contributed by atoms with Gasteiger partial charge in [0.2, 0.25) is 5.91 Å². The first-order chi connectivity index (χ1) is 20.0. The lowest BCUT2D eigenvalue weighted by molar-refractivity contribution is -0.146. The SMILES string of the molecule is COC(=O)[C@H]1CN(C)C[C@H](C)C(=O)OB([C@H](CC(C)C)NC(=O)[C@H](Cc2ccccc2)NC(=O)c2cnccn2)N1C. The lowest BCUT2D eigenvalue weighted by Gasteiger charge is -2.36. The number of carbonyl (C=O) groups excluding carboxylic acids is 4. The molecule has 0 radical (unpaired) electrons. The second kappa shape index (κ2) is 15.4. The van der Waals surface area contributed by atoms with Gasteiger partial charge in [-0.1, -0.05) is 51.1 Å². The number of hydrogen-bond acceptors (Lipinski definition) is 10. The Hall–Kier alpha value is -3.84. The third kappa shape index (κ3) is 9.08. The molecule has 2 heterocycles. The monoisotopic (exact) mass is 580 g/mol. The number of hydrogen-bond donors (Lipinski definition) is 2. The Balaban J connectivity index is 1.95. The Bertz CT molecular complexity index is 1200. The van der Waals surface area contributed by atoms with Gasteiger partial charge in [-0.15, -0.1) is 0 Å². The van der Waals surface area contributed by atoms with Crippen molar-refractivity contribution in [3.63, 3.8) is 0 Å². The van der Waals surface area contributed by atoms with E-state index in [0.29, 0.717) is 19.5 Å². The second-order valence-electron chi connectivity index (χ2n) is 11.2. The molecule has 0 saturated carbocycles. The molecule has 13 heteroatoms. The summed E-state index contributed by atoms with van der Waals surface area (Å²) >= 11 is 0. The molecule has 1 aliphatic rings. The molecule has 0 aliphatic carbocycles. The number of methoxy groups -OCH3 is 1. The van der Waals surface area contributed by atoms with Gasteiger partial charge in [0, 0.05) is 31.9 Å². The number of rotatable bonds is 10. The third-order valence-corrected chi connectivity index (χ3v) is 7.17. The van der Waals surface area contributed by atoms with Gasteiger partial charge in [-0.3, -0.25) is 29.0 Å². The summed E-state index contributed by atoms with van der Waals surface area (Å²) < 4.78 is 11.1. The van der Waals surface area contributed by atoms with Crippen LogP contribution in [0.4, 0.5) is 0 Å². The summed E-state index contributed by atoms with van der Waals surface area (Å²) in [6.45, 7) is 6.43. The van der Waals surface area contributed by atoms with E-state index in [2.05, 4.69) is 20.6 Å². The van der Waals surface area contributed by atoms with Gasteiger partial charge in [-0.05, 0) is 32.0 Å². The van der Waals surface area contributed by atoms with E-state index < -0.39 is 54.7 Å². The van der Waals surface area contributed by atoms with Crippen LogP contribution in [0.15, 0.2) is 48.9 Å². The molecule has 1 aromatic heterocycles. The van der Waals surface area contributed by atoms with Crippen molar-refractivity contribution in [1.29, 1.82) is 0 Å². The molecule has 2 N–H and O–H groups in total. The first kappa shape index (κ1) is 32.7. The number of carbonyl (C=O) groups is 4. The van der Waals surface area contributed by atoms with Crippen LogP contribution < -0.4 is 10.6 Å². The van der Waals surface area contributed by atoms with Gasteiger partial charge in [0.15, 0.2) is 0 Å². The molecule has 0 unspecified atom stereocenters. The lowest BCUT2D eigenvalue weighted by Crippen LogP contribution is -2.63. The fraction of sp³-hybridized carbons (Fsp3) is 0.517. The van der Waals surface area contributed by atoms with Crippen molar-refractivity contribution >= 4 is 30.8 Å². The maximum absolute atomic E-state index is 13.9. The molecule has 2 aromatic rings. The molecule has 2 amide bonds. The number of esters is 1. The van der Waals surface area contributed by atoms with Gasteiger partial charge >= 0.3 is 13.0 Å². The Morgan fingerprint density at radius 1 is 1.12 bits per heavy atom. The minimum atomic E-state index is -0.977. The van der Waals surface area contributed by atoms with E-state index in [1.54, 1.807) is 18.8 Å². The molecular weight excluding hydrogens is 539 g/mol. The Morgan fingerprint density at radius 3 is 2.45 bits per heavy atom. The van der Waals surface area contributed by atoms with E-state index >= 15 is 0 Å². The zero-order valence-corrected chi connectivity index (χ0v) is 25.1. The number of aromatic nitrogens is 2. The topological polar surface area (TPSA) is 143 Å². The van der Waals surface area contributed by atoms with Crippen molar-refractivity contribution in [2.45, 2.75) is 51.6 Å². The molecule has 4 atom stereocenters. The maximum Gasteiger partial charge on any atom is 0.475 e. The average molecular weight is 580 g/mol. The van der Waals surface area contributed by atoms with Gasteiger partial charge in [0.1, 0.15) is 17.8 Å². The molecule has 42 heavy (non-hydrogen) atoms. The van der Waals surface area contributed by atoms with Gasteiger partial charge in [-0.2, -0.15) is 0 Å². The standard InChI is InChI=1S/C29H41BN6O6/c1-19(2)14-25(30-36(5)24(29(40)41-6)18-35(4)17-20(3)28(39)42-30)34-26(37)22(15-21-10-8-7-9-11-21)33-27(38)23-16-31-12-13-32-23/h7-13,16,19-20,22,24-25H,14-15,17-18H2,1-6H3,(H,33,38)(H,34,37)/t20-,22-,24+,25-/m0/s1. The van der Waals surface area contributed by atoms with Crippen molar-refractivity contribution in [2.75, 3.05) is 34.3 Å². The van der Waals surface area contributed by atoms with Crippen molar-refractivity contribution in [2.24, 2.45) is 11.8 Å². The van der Waals surface area contributed by atoms with Gasteiger partial charge in [0.25, 0.3) is 11.9 Å². The van der Waals surface area contributed by atoms with Crippen LogP contribution in [0.1, 0.15) is 43.2 Å². The van der Waals surface area contributed by atoms with Crippen LogP contribution in [0, 0.1) is 11.8 Å². The molecule has 1 saturated heterocycles. The predicted octanol–water partition coefficient (Wildman–Crippen LogP) is 0.974. The number of benzene rings is 1. The summed E-state index contributed by atoms with van der Waals surface area (Å²) in [5, 5.41) is 5.83. The normalized spacial score (nSPS) is 20.0. The van der Waals surface area contributed by atoms with Gasteiger partial charge < -0.3 is 24.9 Å². The fourth-order valence-corrected chi connectivity index (χ4v) is 5.02.